The number of thioether (sulfide) groups is 1. The summed E-state index contributed by atoms with van der Waals surface area (Å²) >= 11 is 5.50. The number of hydrogen-bond acceptors (Lipinski definition) is 4. The zero-order chi connectivity index (χ0) is 14.7. The lowest BCUT2D eigenvalue weighted by Crippen LogP contribution is -2.46. The fourth-order valence-electron chi connectivity index (χ4n) is 3.04. The van der Waals surface area contributed by atoms with Gasteiger partial charge in [-0.15, -0.1) is 0 Å². The van der Waals surface area contributed by atoms with Crippen molar-refractivity contribution in [2.24, 2.45) is 0 Å². The Morgan fingerprint density at radius 1 is 1.38 bits per heavy atom. The second kappa shape index (κ2) is 6.71. The van der Waals surface area contributed by atoms with Crippen molar-refractivity contribution in [1.82, 2.24) is 0 Å². The molecule has 2 aliphatic heterocycles. The fourth-order valence-corrected chi connectivity index (χ4v) is 4.77. The van der Waals surface area contributed by atoms with E-state index in [1.165, 1.54) is 11.5 Å². The Kier molecular flexibility index (Phi) is 4.92. The summed E-state index contributed by atoms with van der Waals surface area (Å²) in [4.78, 5) is 10.8. The summed E-state index contributed by atoms with van der Waals surface area (Å²) in [5.41, 5.74) is 0.686. The first-order valence-electron chi connectivity index (χ1n) is 7.34. The minimum Gasteiger partial charge on any atom is -0.489 e. The molecule has 114 valence electrons. The maximum absolute atomic E-state index is 10.8. The molecule has 1 atom stereocenters. The smallest absolute Gasteiger partial charge is 0.150 e. The van der Waals surface area contributed by atoms with Crippen molar-refractivity contribution >= 4 is 34.0 Å². The summed E-state index contributed by atoms with van der Waals surface area (Å²) in [5.74, 6) is 3.18. The first-order valence-corrected chi connectivity index (χ1v) is 9.29. The molecule has 1 aromatic rings. The third kappa shape index (κ3) is 3.63. The molecule has 1 spiro atoms. The standard InChI is InChI=1S/C16H19BrO3S/c17-14-9-12(11-18)1-2-15(14)20-13-3-6-19-16(10-13)4-7-21-8-5-16/h1-2,9,11,13H,3-8,10H2. The highest BCUT2D eigenvalue weighted by atomic mass is 79.9. The number of carbonyl (C=O) groups excluding carboxylic acids is 1. The highest BCUT2D eigenvalue weighted by Crippen LogP contribution is 2.39. The fraction of sp³-hybridized carbons (Fsp3) is 0.562. The van der Waals surface area contributed by atoms with Gasteiger partial charge < -0.3 is 9.47 Å². The summed E-state index contributed by atoms with van der Waals surface area (Å²) in [6.07, 6.45) is 5.19. The van der Waals surface area contributed by atoms with Crippen LogP contribution in [0.15, 0.2) is 22.7 Å². The molecular formula is C16H19BrO3S. The lowest BCUT2D eigenvalue weighted by Gasteiger charge is -2.43. The van der Waals surface area contributed by atoms with Crippen molar-refractivity contribution in [2.45, 2.75) is 37.4 Å². The Bertz CT molecular complexity index is 509. The van der Waals surface area contributed by atoms with Crippen molar-refractivity contribution in [1.29, 1.82) is 0 Å². The van der Waals surface area contributed by atoms with E-state index >= 15 is 0 Å². The predicted octanol–water partition coefficient (Wildman–Crippen LogP) is 4.09. The van der Waals surface area contributed by atoms with Crippen molar-refractivity contribution < 1.29 is 14.3 Å². The molecule has 2 heterocycles. The van der Waals surface area contributed by atoms with Gasteiger partial charge in [0.05, 0.1) is 16.7 Å². The lowest BCUT2D eigenvalue weighted by atomic mass is 9.86. The van der Waals surface area contributed by atoms with Crippen LogP contribution < -0.4 is 4.74 Å². The van der Waals surface area contributed by atoms with E-state index in [9.17, 15) is 4.79 Å². The summed E-state index contributed by atoms with van der Waals surface area (Å²) in [6.45, 7) is 0.777. The molecule has 21 heavy (non-hydrogen) atoms. The number of benzene rings is 1. The highest BCUT2D eigenvalue weighted by molar-refractivity contribution is 9.10. The van der Waals surface area contributed by atoms with Gasteiger partial charge in [0.2, 0.25) is 0 Å². The molecule has 1 aromatic carbocycles. The van der Waals surface area contributed by atoms with Crippen LogP contribution in [-0.2, 0) is 4.74 Å². The number of rotatable bonds is 3. The summed E-state index contributed by atoms with van der Waals surface area (Å²) in [6, 6.07) is 5.46. The van der Waals surface area contributed by atoms with Gasteiger partial charge in [0.25, 0.3) is 0 Å². The SMILES string of the molecule is O=Cc1ccc(OC2CCOC3(CCSCC3)C2)c(Br)c1. The third-order valence-electron chi connectivity index (χ3n) is 4.24. The van der Waals surface area contributed by atoms with Gasteiger partial charge in [-0.25, -0.2) is 0 Å². The van der Waals surface area contributed by atoms with E-state index in [2.05, 4.69) is 15.9 Å². The van der Waals surface area contributed by atoms with Crippen LogP contribution in [0.25, 0.3) is 0 Å². The molecule has 0 N–H and O–H groups in total. The maximum Gasteiger partial charge on any atom is 0.150 e. The Labute approximate surface area is 137 Å². The summed E-state index contributed by atoms with van der Waals surface area (Å²) < 4.78 is 13.1. The van der Waals surface area contributed by atoms with Crippen LogP contribution in [0.4, 0.5) is 0 Å². The molecule has 0 amide bonds. The van der Waals surface area contributed by atoms with E-state index in [-0.39, 0.29) is 11.7 Å². The van der Waals surface area contributed by atoms with Crippen LogP contribution in [0.5, 0.6) is 5.75 Å². The van der Waals surface area contributed by atoms with Gasteiger partial charge in [0.15, 0.2) is 0 Å². The van der Waals surface area contributed by atoms with E-state index in [1.54, 1.807) is 12.1 Å². The van der Waals surface area contributed by atoms with Crippen LogP contribution in [0, 0.1) is 0 Å². The second-order valence-corrected chi connectivity index (χ2v) is 7.76. The first kappa shape index (κ1) is 15.4. The predicted molar refractivity (Wildman–Crippen MR) is 88.4 cm³/mol. The lowest BCUT2D eigenvalue weighted by molar-refractivity contribution is -0.116. The Morgan fingerprint density at radius 3 is 2.90 bits per heavy atom. The van der Waals surface area contributed by atoms with Crippen molar-refractivity contribution in [3.05, 3.63) is 28.2 Å². The topological polar surface area (TPSA) is 35.5 Å². The Balaban J connectivity index is 1.68. The quantitative estimate of drug-likeness (QED) is 0.750. The zero-order valence-corrected chi connectivity index (χ0v) is 14.2. The largest absolute Gasteiger partial charge is 0.489 e. The highest BCUT2D eigenvalue weighted by Gasteiger charge is 2.39. The summed E-state index contributed by atoms with van der Waals surface area (Å²) in [5, 5.41) is 0. The minimum atomic E-state index is 0.0311. The van der Waals surface area contributed by atoms with Gasteiger partial charge in [-0.1, -0.05) is 0 Å². The van der Waals surface area contributed by atoms with Gasteiger partial charge in [0.1, 0.15) is 18.1 Å². The van der Waals surface area contributed by atoms with Gasteiger partial charge in [-0.3, -0.25) is 4.79 Å². The number of carbonyl (C=O) groups is 1. The second-order valence-electron chi connectivity index (χ2n) is 5.68. The van der Waals surface area contributed by atoms with Gasteiger partial charge in [0, 0.05) is 18.4 Å². The van der Waals surface area contributed by atoms with Crippen molar-refractivity contribution in [3.63, 3.8) is 0 Å². The number of halogens is 1. The molecule has 0 aromatic heterocycles. The molecule has 5 heteroatoms. The van der Waals surface area contributed by atoms with E-state index in [1.807, 2.05) is 17.8 Å². The van der Waals surface area contributed by atoms with E-state index in [0.717, 1.165) is 48.8 Å². The van der Waals surface area contributed by atoms with Gasteiger partial charge in [-0.2, -0.15) is 11.8 Å². The molecular weight excluding hydrogens is 352 g/mol. The normalized spacial score (nSPS) is 24.7. The molecule has 3 rings (SSSR count). The number of aldehydes is 1. The van der Waals surface area contributed by atoms with E-state index < -0.39 is 0 Å². The van der Waals surface area contributed by atoms with Gasteiger partial charge >= 0.3 is 0 Å². The molecule has 3 nitrogen and oxygen atoms in total. The van der Waals surface area contributed by atoms with Crippen LogP contribution in [0.1, 0.15) is 36.0 Å². The monoisotopic (exact) mass is 370 g/mol. The van der Waals surface area contributed by atoms with Gasteiger partial charge in [-0.05, 0) is 58.5 Å². The maximum atomic E-state index is 10.8. The van der Waals surface area contributed by atoms with Crippen LogP contribution in [0.3, 0.4) is 0 Å². The number of ether oxygens (including phenoxy) is 2. The molecule has 0 bridgehead atoms. The van der Waals surface area contributed by atoms with Crippen molar-refractivity contribution in [2.75, 3.05) is 18.1 Å². The third-order valence-corrected chi connectivity index (χ3v) is 5.84. The molecule has 0 aliphatic carbocycles. The number of hydrogen-bond donors (Lipinski definition) is 0. The minimum absolute atomic E-state index is 0.0311. The van der Waals surface area contributed by atoms with E-state index in [4.69, 9.17) is 9.47 Å². The first-order chi connectivity index (χ1) is 10.2. The average Bonchev–Trinajstić information content (AvgIpc) is 2.50. The molecule has 2 aliphatic rings. The Morgan fingerprint density at radius 2 is 2.19 bits per heavy atom. The average molecular weight is 371 g/mol. The summed E-state index contributed by atoms with van der Waals surface area (Å²) in [7, 11) is 0. The Hall–Kier alpha value is -0.520. The molecule has 1 unspecified atom stereocenters. The molecule has 0 radical (unpaired) electrons. The van der Waals surface area contributed by atoms with E-state index in [0.29, 0.717) is 5.56 Å². The molecule has 0 saturated carbocycles. The zero-order valence-electron chi connectivity index (χ0n) is 11.8. The van der Waals surface area contributed by atoms with Crippen LogP contribution in [-0.4, -0.2) is 36.1 Å². The van der Waals surface area contributed by atoms with Crippen molar-refractivity contribution in [3.8, 4) is 5.75 Å². The molecule has 2 fully saturated rings. The van der Waals surface area contributed by atoms with Crippen LogP contribution >= 0.6 is 27.7 Å². The van der Waals surface area contributed by atoms with Crippen LogP contribution in [0.2, 0.25) is 0 Å². The molecule has 2 saturated heterocycles.